The molecule has 1 atom stereocenters. The maximum absolute atomic E-state index is 12.5. The van der Waals surface area contributed by atoms with E-state index < -0.39 is 17.8 Å². The second kappa shape index (κ2) is 6.58. The molecule has 0 aliphatic heterocycles. The van der Waals surface area contributed by atoms with Crippen LogP contribution in [0.15, 0.2) is 42.6 Å². The van der Waals surface area contributed by atoms with E-state index in [1.54, 1.807) is 31.3 Å². The molecule has 1 heterocycles. The van der Waals surface area contributed by atoms with Crippen molar-refractivity contribution in [1.29, 1.82) is 0 Å². The van der Waals surface area contributed by atoms with Gasteiger partial charge in [-0.15, -0.1) is 0 Å². The number of pyridine rings is 1. The van der Waals surface area contributed by atoms with Crippen LogP contribution in [0.25, 0.3) is 0 Å². The van der Waals surface area contributed by atoms with Gasteiger partial charge in [-0.05, 0) is 36.8 Å². The molecule has 1 amide bonds. The predicted molar refractivity (Wildman–Crippen MR) is 81.2 cm³/mol. The Kier molecular flexibility index (Phi) is 4.94. The Labute approximate surface area is 136 Å². The van der Waals surface area contributed by atoms with E-state index in [1.165, 1.54) is 4.90 Å². The molecular weight excluding hydrogens is 329 g/mol. The molecule has 122 valence electrons. The largest absolute Gasteiger partial charge is 0.433 e. The van der Waals surface area contributed by atoms with Gasteiger partial charge < -0.3 is 4.90 Å². The molecule has 23 heavy (non-hydrogen) atoms. The van der Waals surface area contributed by atoms with Crippen LogP contribution in [0.2, 0.25) is 5.02 Å². The van der Waals surface area contributed by atoms with Crippen molar-refractivity contribution in [2.45, 2.75) is 19.1 Å². The Hall–Kier alpha value is -2.08. The fourth-order valence-electron chi connectivity index (χ4n) is 2.03. The quantitative estimate of drug-likeness (QED) is 0.817. The van der Waals surface area contributed by atoms with Gasteiger partial charge in [-0.2, -0.15) is 13.2 Å². The van der Waals surface area contributed by atoms with E-state index in [2.05, 4.69) is 4.98 Å². The molecule has 1 aromatic heterocycles. The molecule has 0 spiro atoms. The summed E-state index contributed by atoms with van der Waals surface area (Å²) in [7, 11) is 1.58. The third-order valence-corrected chi connectivity index (χ3v) is 3.81. The van der Waals surface area contributed by atoms with E-state index in [4.69, 9.17) is 11.6 Å². The first kappa shape index (κ1) is 17.3. The number of rotatable bonds is 3. The summed E-state index contributed by atoms with van der Waals surface area (Å²) in [6.45, 7) is 1.82. The number of hydrogen-bond acceptors (Lipinski definition) is 2. The van der Waals surface area contributed by atoms with Gasteiger partial charge in [0.15, 0.2) is 0 Å². The first-order valence-corrected chi connectivity index (χ1v) is 7.14. The zero-order valence-corrected chi connectivity index (χ0v) is 13.2. The van der Waals surface area contributed by atoms with Crippen LogP contribution in [-0.4, -0.2) is 22.8 Å². The number of alkyl halides is 3. The second-order valence-electron chi connectivity index (χ2n) is 5.07. The van der Waals surface area contributed by atoms with Crippen molar-refractivity contribution in [3.63, 3.8) is 0 Å². The predicted octanol–water partition coefficient (Wildman–Crippen LogP) is 4.59. The summed E-state index contributed by atoms with van der Waals surface area (Å²) >= 11 is 5.83. The molecule has 0 fully saturated rings. The number of hydrogen-bond donors (Lipinski definition) is 0. The van der Waals surface area contributed by atoms with Crippen LogP contribution in [-0.2, 0) is 6.18 Å². The van der Waals surface area contributed by atoms with E-state index in [9.17, 15) is 18.0 Å². The molecule has 2 rings (SSSR count). The van der Waals surface area contributed by atoms with Crippen LogP contribution < -0.4 is 0 Å². The lowest BCUT2D eigenvalue weighted by Gasteiger charge is -2.25. The molecule has 0 bridgehead atoms. The summed E-state index contributed by atoms with van der Waals surface area (Å²) in [6, 6.07) is 8.68. The number of carbonyl (C=O) groups is 1. The molecule has 1 unspecified atom stereocenters. The highest BCUT2D eigenvalue weighted by molar-refractivity contribution is 6.30. The van der Waals surface area contributed by atoms with Crippen molar-refractivity contribution >= 4 is 17.5 Å². The van der Waals surface area contributed by atoms with Gasteiger partial charge in [0.2, 0.25) is 0 Å². The van der Waals surface area contributed by atoms with E-state index in [-0.39, 0.29) is 11.6 Å². The maximum Gasteiger partial charge on any atom is 0.433 e. The SMILES string of the molecule is CC(c1ccc(Cl)cc1)N(C)C(=O)c1ccc(C(F)(F)F)nc1. The Morgan fingerprint density at radius 1 is 1.17 bits per heavy atom. The van der Waals surface area contributed by atoms with Crippen molar-refractivity contribution in [2.24, 2.45) is 0 Å². The minimum atomic E-state index is -4.52. The highest BCUT2D eigenvalue weighted by Gasteiger charge is 2.32. The summed E-state index contributed by atoms with van der Waals surface area (Å²) < 4.78 is 37.5. The van der Waals surface area contributed by atoms with Gasteiger partial charge in [0.05, 0.1) is 11.6 Å². The molecule has 1 aromatic carbocycles. The fourth-order valence-corrected chi connectivity index (χ4v) is 2.16. The van der Waals surface area contributed by atoms with Gasteiger partial charge in [0.25, 0.3) is 5.91 Å². The molecule has 0 aliphatic rings. The number of amides is 1. The highest BCUT2D eigenvalue weighted by Crippen LogP contribution is 2.28. The normalized spacial score (nSPS) is 12.8. The minimum absolute atomic E-state index is 0.0984. The van der Waals surface area contributed by atoms with Crippen molar-refractivity contribution in [3.05, 3.63) is 64.4 Å². The lowest BCUT2D eigenvalue weighted by molar-refractivity contribution is -0.141. The zero-order valence-electron chi connectivity index (χ0n) is 12.4. The van der Waals surface area contributed by atoms with Crippen molar-refractivity contribution < 1.29 is 18.0 Å². The first-order valence-electron chi connectivity index (χ1n) is 6.76. The van der Waals surface area contributed by atoms with Gasteiger partial charge in [0.1, 0.15) is 5.69 Å². The second-order valence-corrected chi connectivity index (χ2v) is 5.51. The number of halogens is 4. The van der Waals surface area contributed by atoms with Gasteiger partial charge in [0, 0.05) is 18.3 Å². The van der Waals surface area contributed by atoms with Gasteiger partial charge in [-0.1, -0.05) is 23.7 Å². The number of carbonyl (C=O) groups excluding carboxylic acids is 1. The van der Waals surface area contributed by atoms with Gasteiger partial charge in [-0.3, -0.25) is 9.78 Å². The molecule has 0 saturated heterocycles. The molecule has 2 aromatic rings. The first-order chi connectivity index (χ1) is 10.7. The van der Waals surface area contributed by atoms with Crippen molar-refractivity contribution in [1.82, 2.24) is 9.88 Å². The summed E-state index contributed by atoms with van der Waals surface area (Å²) in [6.07, 6.45) is -3.58. The van der Waals surface area contributed by atoms with Crippen LogP contribution >= 0.6 is 11.6 Å². The van der Waals surface area contributed by atoms with Crippen LogP contribution in [0, 0.1) is 0 Å². The number of nitrogens with zero attached hydrogens (tertiary/aromatic N) is 2. The molecule has 0 radical (unpaired) electrons. The van der Waals surface area contributed by atoms with Crippen molar-refractivity contribution in [2.75, 3.05) is 7.05 Å². The fraction of sp³-hybridized carbons (Fsp3) is 0.250. The number of benzene rings is 1. The topological polar surface area (TPSA) is 33.2 Å². The standard InChI is InChI=1S/C16H14ClF3N2O/c1-10(11-3-6-13(17)7-4-11)22(2)15(23)12-5-8-14(21-9-12)16(18,19)20/h3-10H,1-2H3. The summed E-state index contributed by atoms with van der Waals surface area (Å²) in [5.74, 6) is -0.409. The average Bonchev–Trinajstić information content (AvgIpc) is 2.53. The Morgan fingerprint density at radius 2 is 1.78 bits per heavy atom. The lowest BCUT2D eigenvalue weighted by atomic mass is 10.1. The maximum atomic E-state index is 12.5. The van der Waals surface area contributed by atoms with Crippen molar-refractivity contribution in [3.8, 4) is 0 Å². The van der Waals surface area contributed by atoms with Crippen LogP contribution in [0.1, 0.15) is 34.6 Å². The van der Waals surface area contributed by atoms with E-state index >= 15 is 0 Å². The number of aromatic nitrogens is 1. The monoisotopic (exact) mass is 342 g/mol. The van der Waals surface area contributed by atoms with Crippen LogP contribution in [0.4, 0.5) is 13.2 Å². The summed E-state index contributed by atoms with van der Waals surface area (Å²) in [4.78, 5) is 17.1. The molecule has 3 nitrogen and oxygen atoms in total. The van der Waals surface area contributed by atoms with E-state index in [0.29, 0.717) is 5.02 Å². The van der Waals surface area contributed by atoms with E-state index in [0.717, 1.165) is 23.9 Å². The highest BCUT2D eigenvalue weighted by atomic mass is 35.5. The lowest BCUT2D eigenvalue weighted by Crippen LogP contribution is -2.29. The zero-order chi connectivity index (χ0) is 17.2. The third kappa shape index (κ3) is 4.01. The smallest absolute Gasteiger partial charge is 0.335 e. The van der Waals surface area contributed by atoms with E-state index in [1.807, 2.05) is 6.92 Å². The summed E-state index contributed by atoms with van der Waals surface area (Å²) in [5.41, 5.74) is -0.0612. The molecule has 7 heteroatoms. The summed E-state index contributed by atoms with van der Waals surface area (Å²) in [5, 5.41) is 0.585. The van der Waals surface area contributed by atoms with Crippen LogP contribution in [0.3, 0.4) is 0 Å². The molecule has 0 saturated carbocycles. The van der Waals surface area contributed by atoms with Gasteiger partial charge >= 0.3 is 6.18 Å². The Morgan fingerprint density at radius 3 is 2.26 bits per heavy atom. The third-order valence-electron chi connectivity index (χ3n) is 3.55. The molecule has 0 N–H and O–H groups in total. The Bertz CT molecular complexity index is 684. The molecule has 0 aliphatic carbocycles. The molecular formula is C16H14ClF3N2O. The average molecular weight is 343 g/mol. The van der Waals surface area contributed by atoms with Crippen LogP contribution in [0.5, 0.6) is 0 Å². The minimum Gasteiger partial charge on any atom is -0.335 e. The Balaban J connectivity index is 2.17. The van der Waals surface area contributed by atoms with Gasteiger partial charge in [-0.25, -0.2) is 0 Å².